The molecule has 0 unspecified atom stereocenters. The minimum absolute atomic E-state index is 0.174. The van der Waals surface area contributed by atoms with Crippen LogP contribution in [0.25, 0.3) is 0 Å². The highest BCUT2D eigenvalue weighted by Crippen LogP contribution is 2.25. The van der Waals surface area contributed by atoms with E-state index >= 15 is 0 Å². The Kier molecular flexibility index (Phi) is 8.28. The van der Waals surface area contributed by atoms with Crippen molar-refractivity contribution in [2.45, 2.75) is 26.2 Å². The van der Waals surface area contributed by atoms with E-state index in [4.69, 9.17) is 9.47 Å². The third-order valence-electron chi connectivity index (χ3n) is 3.00. The Balaban J connectivity index is 2.21. The van der Waals surface area contributed by atoms with Gasteiger partial charge in [0.2, 0.25) is 0 Å². The summed E-state index contributed by atoms with van der Waals surface area (Å²) in [6.07, 6.45) is 0.808. The van der Waals surface area contributed by atoms with Gasteiger partial charge in [0, 0.05) is 20.3 Å². The van der Waals surface area contributed by atoms with E-state index in [0.29, 0.717) is 32.2 Å². The van der Waals surface area contributed by atoms with Crippen LogP contribution >= 0.6 is 0 Å². The molecule has 0 spiro atoms. The maximum Gasteiger partial charge on any atom is 0.314 e. The molecule has 0 aliphatic carbocycles. The molecule has 5 heteroatoms. The van der Waals surface area contributed by atoms with Crippen molar-refractivity contribution < 1.29 is 14.3 Å². The number of rotatable bonds is 9. The first-order valence-electron chi connectivity index (χ1n) is 7.37. The van der Waals surface area contributed by atoms with Crippen molar-refractivity contribution in [3.05, 3.63) is 29.8 Å². The van der Waals surface area contributed by atoms with E-state index in [0.717, 1.165) is 12.2 Å². The molecule has 0 aliphatic heterocycles. The second-order valence-corrected chi connectivity index (χ2v) is 5.07. The first-order chi connectivity index (χ1) is 10.1. The van der Waals surface area contributed by atoms with Crippen LogP contribution in [-0.2, 0) is 4.74 Å². The number of carbonyl (C=O) groups excluding carboxylic acids is 1. The van der Waals surface area contributed by atoms with Crippen LogP contribution in [0.4, 0.5) is 4.79 Å². The molecule has 0 aliphatic rings. The second kappa shape index (κ2) is 10.0. The number of hydrogen-bond acceptors (Lipinski definition) is 3. The average Bonchev–Trinajstić information content (AvgIpc) is 2.48. The van der Waals surface area contributed by atoms with Gasteiger partial charge in [-0.1, -0.05) is 32.0 Å². The highest BCUT2D eigenvalue weighted by Gasteiger charge is 2.06. The third kappa shape index (κ3) is 6.99. The summed E-state index contributed by atoms with van der Waals surface area (Å²) in [6.45, 7) is 6.45. The molecule has 1 aromatic rings. The number of amides is 2. The molecule has 0 fully saturated rings. The fraction of sp³-hybridized carbons (Fsp3) is 0.562. The Morgan fingerprint density at radius 2 is 1.86 bits per heavy atom. The molecule has 0 saturated carbocycles. The number of carbonyl (C=O) groups is 1. The van der Waals surface area contributed by atoms with Gasteiger partial charge >= 0.3 is 6.03 Å². The van der Waals surface area contributed by atoms with Gasteiger partial charge in [0.15, 0.2) is 0 Å². The van der Waals surface area contributed by atoms with Crippen molar-refractivity contribution in [1.82, 2.24) is 10.6 Å². The zero-order valence-electron chi connectivity index (χ0n) is 13.1. The fourth-order valence-corrected chi connectivity index (χ4v) is 1.90. The Morgan fingerprint density at radius 3 is 2.57 bits per heavy atom. The van der Waals surface area contributed by atoms with Gasteiger partial charge in [-0.15, -0.1) is 0 Å². The largest absolute Gasteiger partial charge is 0.491 e. The molecule has 1 rings (SSSR count). The van der Waals surface area contributed by atoms with Crippen LogP contribution in [-0.4, -0.2) is 39.4 Å². The number of methoxy groups -OCH3 is 1. The van der Waals surface area contributed by atoms with E-state index in [1.807, 2.05) is 18.2 Å². The predicted molar refractivity (Wildman–Crippen MR) is 83.9 cm³/mol. The molecule has 0 radical (unpaired) electrons. The molecule has 0 saturated heterocycles. The van der Waals surface area contributed by atoms with Gasteiger partial charge in [-0.3, -0.25) is 0 Å². The predicted octanol–water partition coefficient (Wildman–Crippen LogP) is 2.52. The van der Waals surface area contributed by atoms with Crippen LogP contribution < -0.4 is 15.4 Å². The molecule has 2 N–H and O–H groups in total. The minimum atomic E-state index is -0.174. The fourth-order valence-electron chi connectivity index (χ4n) is 1.90. The zero-order chi connectivity index (χ0) is 15.5. The van der Waals surface area contributed by atoms with Crippen molar-refractivity contribution in [2.75, 3.05) is 33.4 Å². The van der Waals surface area contributed by atoms with Gasteiger partial charge < -0.3 is 20.1 Å². The summed E-state index contributed by atoms with van der Waals surface area (Å²) in [5.74, 6) is 1.30. The lowest BCUT2D eigenvalue weighted by molar-refractivity contribution is 0.193. The van der Waals surface area contributed by atoms with Gasteiger partial charge in [0.1, 0.15) is 12.4 Å². The Morgan fingerprint density at radius 1 is 1.14 bits per heavy atom. The second-order valence-electron chi connectivity index (χ2n) is 5.07. The molecular weight excluding hydrogens is 268 g/mol. The lowest BCUT2D eigenvalue weighted by Gasteiger charge is -2.14. The Labute approximate surface area is 127 Å². The van der Waals surface area contributed by atoms with Crippen molar-refractivity contribution >= 4 is 6.03 Å². The number of hydrogen-bond donors (Lipinski definition) is 2. The Bertz CT molecular complexity index is 422. The lowest BCUT2D eigenvalue weighted by atomic mass is 10.0. The van der Waals surface area contributed by atoms with Crippen molar-refractivity contribution in [3.8, 4) is 5.75 Å². The summed E-state index contributed by atoms with van der Waals surface area (Å²) >= 11 is 0. The van der Waals surface area contributed by atoms with E-state index < -0.39 is 0 Å². The van der Waals surface area contributed by atoms with Crippen molar-refractivity contribution in [3.63, 3.8) is 0 Å². The summed E-state index contributed by atoms with van der Waals surface area (Å²) in [6, 6.07) is 7.81. The smallest absolute Gasteiger partial charge is 0.314 e. The zero-order valence-corrected chi connectivity index (χ0v) is 13.1. The molecule has 0 atom stereocenters. The summed E-state index contributed by atoms with van der Waals surface area (Å²) < 4.78 is 10.6. The normalized spacial score (nSPS) is 10.5. The molecule has 0 heterocycles. The molecule has 2 amide bonds. The van der Waals surface area contributed by atoms with Gasteiger partial charge in [0.25, 0.3) is 0 Å². The van der Waals surface area contributed by atoms with Gasteiger partial charge in [-0.2, -0.15) is 0 Å². The van der Waals surface area contributed by atoms with Crippen LogP contribution in [0, 0.1) is 0 Å². The van der Waals surface area contributed by atoms with Gasteiger partial charge in [-0.05, 0) is 24.0 Å². The Hall–Kier alpha value is -1.75. The maximum absolute atomic E-state index is 11.5. The van der Waals surface area contributed by atoms with E-state index in [-0.39, 0.29) is 6.03 Å². The number of benzene rings is 1. The summed E-state index contributed by atoms with van der Waals surface area (Å²) in [5.41, 5.74) is 1.18. The van der Waals surface area contributed by atoms with Crippen molar-refractivity contribution in [1.29, 1.82) is 0 Å². The highest BCUT2D eigenvalue weighted by molar-refractivity contribution is 5.73. The quantitative estimate of drug-likeness (QED) is 0.688. The molecular formula is C16H26N2O3. The first kappa shape index (κ1) is 17.3. The van der Waals surface area contributed by atoms with E-state index in [9.17, 15) is 4.79 Å². The van der Waals surface area contributed by atoms with Crippen molar-refractivity contribution in [2.24, 2.45) is 0 Å². The monoisotopic (exact) mass is 294 g/mol. The summed E-state index contributed by atoms with van der Waals surface area (Å²) in [4.78, 5) is 11.5. The summed E-state index contributed by atoms with van der Waals surface area (Å²) in [5, 5.41) is 5.52. The lowest BCUT2D eigenvalue weighted by Crippen LogP contribution is -2.38. The molecule has 5 nitrogen and oxygen atoms in total. The molecule has 1 aromatic carbocycles. The maximum atomic E-state index is 11.5. The number of ether oxygens (including phenoxy) is 2. The SMILES string of the molecule is COCCCNC(=O)NCCOc1ccccc1C(C)C. The van der Waals surface area contributed by atoms with Gasteiger partial charge in [0.05, 0.1) is 6.54 Å². The molecule has 0 bridgehead atoms. The van der Waals surface area contributed by atoms with Crippen LogP contribution in [0.5, 0.6) is 5.75 Å². The van der Waals surface area contributed by atoms with E-state index in [2.05, 4.69) is 30.5 Å². The molecule has 118 valence electrons. The number of urea groups is 1. The van der Waals surface area contributed by atoms with E-state index in [1.165, 1.54) is 5.56 Å². The topological polar surface area (TPSA) is 59.6 Å². The third-order valence-corrected chi connectivity index (χ3v) is 3.00. The van der Waals surface area contributed by atoms with Crippen LogP contribution in [0.2, 0.25) is 0 Å². The highest BCUT2D eigenvalue weighted by atomic mass is 16.5. The number of nitrogens with one attached hydrogen (secondary N) is 2. The van der Waals surface area contributed by atoms with E-state index in [1.54, 1.807) is 7.11 Å². The first-order valence-corrected chi connectivity index (χ1v) is 7.37. The van der Waals surface area contributed by atoms with Gasteiger partial charge in [-0.25, -0.2) is 4.79 Å². The molecule has 21 heavy (non-hydrogen) atoms. The number of para-hydroxylation sites is 1. The molecule has 0 aromatic heterocycles. The van der Waals surface area contributed by atoms with Crippen LogP contribution in [0.15, 0.2) is 24.3 Å². The average molecular weight is 294 g/mol. The standard InChI is InChI=1S/C16H26N2O3/c1-13(2)14-7-4-5-8-15(14)21-12-10-18-16(19)17-9-6-11-20-3/h4-5,7-8,13H,6,9-12H2,1-3H3,(H2,17,18,19). The van der Waals surface area contributed by atoms with Crippen LogP contribution in [0.3, 0.4) is 0 Å². The minimum Gasteiger partial charge on any atom is -0.491 e. The van der Waals surface area contributed by atoms with Crippen LogP contribution in [0.1, 0.15) is 31.7 Å². The summed E-state index contributed by atoms with van der Waals surface area (Å²) in [7, 11) is 1.65.